The summed E-state index contributed by atoms with van der Waals surface area (Å²) in [6, 6.07) is 12.6. The molecule has 10 nitrogen and oxygen atoms in total. The number of anilines is 1. The van der Waals surface area contributed by atoms with Crippen LogP contribution in [-0.4, -0.2) is 65.4 Å². The first kappa shape index (κ1) is 36.3. The van der Waals surface area contributed by atoms with Gasteiger partial charge in [-0.2, -0.15) is 0 Å². The second-order valence-corrected chi connectivity index (χ2v) is 18.1. The number of carbonyl (C=O) groups excluding carboxylic acids is 3. The molecule has 2 aromatic carbocycles. The largest absolute Gasteiger partial charge is 0.465 e. The lowest BCUT2D eigenvalue weighted by molar-refractivity contribution is -0.139. The molecular weight excluding hydrogens is 704 g/mol. The number of halogens is 1. The van der Waals surface area contributed by atoms with Crippen LogP contribution < -0.4 is 14.8 Å². The molecule has 0 radical (unpaired) electrons. The number of allylic oxidation sites excluding steroid dienone is 2. The Hall–Kier alpha value is -4.10. The third-order valence-electron chi connectivity index (χ3n) is 11.1. The van der Waals surface area contributed by atoms with Crippen molar-refractivity contribution in [3.8, 4) is 16.5 Å². The summed E-state index contributed by atoms with van der Waals surface area (Å²) in [5, 5.41) is 5.58. The van der Waals surface area contributed by atoms with Gasteiger partial charge in [-0.3, -0.25) is 19.1 Å². The Morgan fingerprint density at radius 3 is 2.63 bits per heavy atom. The lowest BCUT2D eigenvalue weighted by Gasteiger charge is -2.30. The molecule has 7 rings (SSSR count). The van der Waals surface area contributed by atoms with Gasteiger partial charge in [0.05, 0.1) is 28.4 Å². The van der Waals surface area contributed by atoms with Gasteiger partial charge in [0.2, 0.25) is 21.8 Å². The molecule has 276 valence electrons. The lowest BCUT2D eigenvalue weighted by atomic mass is 9.91. The van der Waals surface area contributed by atoms with Gasteiger partial charge in [-0.1, -0.05) is 66.7 Å². The Bertz CT molecular complexity index is 1960. The number of ketones is 1. The van der Waals surface area contributed by atoms with E-state index in [4.69, 9.17) is 4.74 Å². The molecule has 0 spiro atoms. The number of fused-ring (bicyclic) bond motifs is 2. The number of hydrogen-bond donors (Lipinski definition) is 2. The summed E-state index contributed by atoms with van der Waals surface area (Å²) in [5.41, 5.74) is 1.65. The minimum Gasteiger partial charge on any atom is -0.465 e. The van der Waals surface area contributed by atoms with Crippen molar-refractivity contribution in [2.45, 2.75) is 101 Å². The Morgan fingerprint density at radius 1 is 1.10 bits per heavy atom. The molecular formula is C39H45FN4O6S2. The zero-order chi connectivity index (χ0) is 36.7. The van der Waals surface area contributed by atoms with Crippen LogP contribution in [0, 0.1) is 24.1 Å². The molecule has 4 aliphatic rings. The Labute approximate surface area is 308 Å². The van der Waals surface area contributed by atoms with Crippen LogP contribution >= 0.6 is 11.3 Å². The van der Waals surface area contributed by atoms with Gasteiger partial charge in [-0.05, 0) is 82.1 Å². The fourth-order valence-corrected chi connectivity index (χ4v) is 9.58. The number of sulfonamides is 1. The van der Waals surface area contributed by atoms with E-state index in [-0.39, 0.29) is 37.0 Å². The third kappa shape index (κ3) is 7.66. The topological polar surface area (TPSA) is 135 Å². The molecule has 2 aliphatic heterocycles. The van der Waals surface area contributed by atoms with Crippen molar-refractivity contribution in [3.05, 3.63) is 77.4 Å². The summed E-state index contributed by atoms with van der Waals surface area (Å²) in [7, 11) is -3.92. The SMILES string of the molecule is Cc1cc(F)cc(N[C@H]2CCCCC/C=C\[C@@H]3C[C@@]3(C(=O)NS(=O)(=O)C3(C)CC3)CC(=O)[C@@H]3C[C@@H](Oc4nc(-c5ccccc5)cs4)CN3C2=O)c1. The van der Waals surface area contributed by atoms with E-state index >= 15 is 0 Å². The minimum absolute atomic E-state index is 0.116. The van der Waals surface area contributed by atoms with E-state index < -0.39 is 50.1 Å². The van der Waals surface area contributed by atoms with Crippen molar-refractivity contribution >= 4 is 44.6 Å². The van der Waals surface area contributed by atoms with Gasteiger partial charge in [0, 0.05) is 29.5 Å². The summed E-state index contributed by atoms with van der Waals surface area (Å²) < 4.78 is 48.4. The maximum absolute atomic E-state index is 14.6. The van der Waals surface area contributed by atoms with Gasteiger partial charge in [0.25, 0.3) is 5.19 Å². The van der Waals surface area contributed by atoms with E-state index in [1.807, 2.05) is 47.9 Å². The van der Waals surface area contributed by atoms with Crippen LogP contribution in [0.15, 0.2) is 66.1 Å². The highest BCUT2D eigenvalue weighted by molar-refractivity contribution is 7.91. The number of rotatable bonds is 8. The fraction of sp³-hybridized carbons (Fsp3) is 0.487. The molecule has 1 saturated heterocycles. The predicted octanol–water partition coefficient (Wildman–Crippen LogP) is 6.57. The van der Waals surface area contributed by atoms with Crippen molar-refractivity contribution < 1.29 is 31.9 Å². The smallest absolute Gasteiger partial charge is 0.274 e. The van der Waals surface area contributed by atoms with Crippen molar-refractivity contribution in [1.82, 2.24) is 14.6 Å². The van der Waals surface area contributed by atoms with Crippen LogP contribution in [0.1, 0.15) is 76.7 Å². The molecule has 2 amide bonds. The average molecular weight is 749 g/mol. The van der Waals surface area contributed by atoms with Crippen molar-refractivity contribution in [3.63, 3.8) is 0 Å². The summed E-state index contributed by atoms with van der Waals surface area (Å²) in [4.78, 5) is 49.1. The van der Waals surface area contributed by atoms with Gasteiger partial charge >= 0.3 is 0 Å². The highest BCUT2D eigenvalue weighted by atomic mass is 32.2. The van der Waals surface area contributed by atoms with Gasteiger partial charge in [0.15, 0.2) is 5.78 Å². The summed E-state index contributed by atoms with van der Waals surface area (Å²) >= 11 is 1.33. The zero-order valence-corrected chi connectivity index (χ0v) is 31.1. The normalized spacial score (nSPS) is 28.1. The number of nitrogens with zero attached hydrogens (tertiary/aromatic N) is 2. The first-order chi connectivity index (χ1) is 24.9. The van der Waals surface area contributed by atoms with Gasteiger partial charge in [-0.25, -0.2) is 17.8 Å². The maximum Gasteiger partial charge on any atom is 0.274 e. The molecule has 52 heavy (non-hydrogen) atoms. The van der Waals surface area contributed by atoms with Crippen LogP contribution in [0.3, 0.4) is 0 Å². The average Bonchev–Trinajstić information content (AvgIpc) is 3.89. The molecule has 2 saturated carbocycles. The quantitative estimate of drug-likeness (QED) is 0.247. The molecule has 13 heteroatoms. The van der Waals surface area contributed by atoms with Gasteiger partial charge < -0.3 is 15.0 Å². The van der Waals surface area contributed by atoms with Gasteiger partial charge in [0.1, 0.15) is 18.0 Å². The van der Waals surface area contributed by atoms with E-state index in [0.717, 1.165) is 36.9 Å². The molecule has 3 fully saturated rings. The number of thiazole rings is 1. The second-order valence-electron chi connectivity index (χ2n) is 15.1. The van der Waals surface area contributed by atoms with Crippen molar-refractivity contribution in [2.75, 3.05) is 11.9 Å². The molecule has 2 aliphatic carbocycles. The zero-order valence-electron chi connectivity index (χ0n) is 29.5. The van der Waals surface area contributed by atoms with Crippen LogP contribution in [0.4, 0.5) is 10.1 Å². The molecule has 5 atom stereocenters. The van der Waals surface area contributed by atoms with E-state index in [0.29, 0.717) is 42.1 Å². The number of carbonyl (C=O) groups is 3. The van der Waals surface area contributed by atoms with Crippen molar-refractivity contribution in [1.29, 1.82) is 0 Å². The molecule has 2 N–H and O–H groups in total. The number of Topliss-reactive ketones (excluding diaryl/α,β-unsaturated/α-hetero) is 1. The van der Waals surface area contributed by atoms with E-state index in [9.17, 15) is 27.2 Å². The number of hydrogen-bond acceptors (Lipinski definition) is 9. The summed E-state index contributed by atoms with van der Waals surface area (Å²) in [5.74, 6) is -1.99. The monoisotopic (exact) mass is 748 g/mol. The fourth-order valence-electron chi connectivity index (χ4n) is 7.50. The molecule has 3 heterocycles. The van der Waals surface area contributed by atoms with Crippen LogP contribution in [0.5, 0.6) is 5.19 Å². The molecule has 0 bridgehead atoms. The minimum atomic E-state index is -3.92. The highest BCUT2D eigenvalue weighted by Gasteiger charge is 2.62. The number of benzene rings is 2. The first-order valence-corrected chi connectivity index (χ1v) is 20.5. The first-order valence-electron chi connectivity index (χ1n) is 18.1. The predicted molar refractivity (Wildman–Crippen MR) is 198 cm³/mol. The number of amides is 2. The Kier molecular flexibility index (Phi) is 10.0. The van der Waals surface area contributed by atoms with Crippen LogP contribution in [0.2, 0.25) is 0 Å². The maximum atomic E-state index is 14.6. The third-order valence-corrected chi connectivity index (χ3v) is 13.9. The Morgan fingerprint density at radius 2 is 1.88 bits per heavy atom. The van der Waals surface area contributed by atoms with Gasteiger partial charge in [-0.15, -0.1) is 0 Å². The number of ether oxygens (including phenoxy) is 1. The highest BCUT2D eigenvalue weighted by Crippen LogP contribution is 2.57. The Balaban J connectivity index is 1.18. The molecule has 3 aromatic rings. The number of aryl methyl sites for hydroxylation is 1. The van der Waals surface area contributed by atoms with E-state index in [1.54, 1.807) is 24.8 Å². The van der Waals surface area contributed by atoms with Crippen LogP contribution in [0.25, 0.3) is 11.3 Å². The standard InChI is InChI=1S/C39H45FN4O6S2/c1-25-17-28(40)19-29(18-25)41-31-14-10-5-3-4-9-13-27-21-39(27,36(47)43-52(48,49)38(2)15-16-38)22-34(45)33-20-30(23-44(33)35(31)46)50-37-42-32(24-51-37)26-11-7-6-8-12-26/h6-9,11-13,17-19,24,27,30-31,33,41H,3-5,10,14-16,20-23H2,1-2H3,(H,43,47)/b13-9-/t27-,30-,31+,33+,39-/m1/s1. The van der Waals surface area contributed by atoms with E-state index in [1.165, 1.54) is 23.5 Å². The summed E-state index contributed by atoms with van der Waals surface area (Å²) in [6.07, 6.45) is 8.33. The number of nitrogens with one attached hydrogen (secondary N) is 2. The summed E-state index contributed by atoms with van der Waals surface area (Å²) in [6.45, 7) is 3.52. The van der Waals surface area contributed by atoms with Crippen LogP contribution in [-0.2, 0) is 24.4 Å². The van der Waals surface area contributed by atoms with Crippen molar-refractivity contribution in [2.24, 2.45) is 11.3 Å². The molecule has 1 aromatic heterocycles. The second kappa shape index (κ2) is 14.4. The molecule has 0 unspecified atom stereocenters. The van der Waals surface area contributed by atoms with E-state index in [2.05, 4.69) is 15.0 Å². The number of aromatic nitrogens is 1. The lowest BCUT2D eigenvalue weighted by Crippen LogP contribution is -2.49.